The molecule has 1 aliphatic carbocycles. The number of rotatable bonds is 6. The van der Waals surface area contributed by atoms with Crippen LogP contribution in [-0.2, 0) is 5.41 Å². The molecule has 0 unspecified atom stereocenters. The molecule has 1 aliphatic rings. The van der Waals surface area contributed by atoms with Crippen molar-refractivity contribution in [2.45, 2.75) is 70.9 Å². The first-order valence-electron chi connectivity index (χ1n) is 9.84. The van der Waals surface area contributed by atoms with Gasteiger partial charge in [-0.15, -0.1) is 24.0 Å². The van der Waals surface area contributed by atoms with Gasteiger partial charge in [-0.2, -0.15) is 0 Å². The lowest BCUT2D eigenvalue weighted by atomic mass is 9.87. The molecule has 0 radical (unpaired) electrons. The van der Waals surface area contributed by atoms with Gasteiger partial charge in [0.05, 0.1) is 12.6 Å². The zero-order chi connectivity index (χ0) is 19.0. The first-order chi connectivity index (χ1) is 12.4. The van der Waals surface area contributed by atoms with Crippen LogP contribution in [0.3, 0.4) is 0 Å². The third-order valence-corrected chi connectivity index (χ3v) is 4.71. The molecule has 3 N–H and O–H groups in total. The number of ether oxygens (including phenoxy) is 1. The van der Waals surface area contributed by atoms with Gasteiger partial charge in [-0.1, -0.05) is 32.9 Å². The van der Waals surface area contributed by atoms with Gasteiger partial charge in [-0.25, -0.2) is 4.99 Å². The molecule has 154 valence electrons. The summed E-state index contributed by atoms with van der Waals surface area (Å²) in [6.07, 6.45) is 3.57. The molecule has 0 bridgehead atoms. The Kier molecular flexibility index (Phi) is 10.4. The van der Waals surface area contributed by atoms with E-state index < -0.39 is 0 Å². The van der Waals surface area contributed by atoms with Gasteiger partial charge in [-0.3, -0.25) is 0 Å². The van der Waals surface area contributed by atoms with E-state index >= 15 is 0 Å². The highest BCUT2D eigenvalue weighted by Gasteiger charge is 2.20. The van der Waals surface area contributed by atoms with Crippen LogP contribution in [0, 0.1) is 0 Å². The van der Waals surface area contributed by atoms with Crippen molar-refractivity contribution < 1.29 is 9.84 Å². The predicted octanol–water partition coefficient (Wildman–Crippen LogP) is 3.84. The van der Waals surface area contributed by atoms with Crippen LogP contribution in [0.15, 0.2) is 29.3 Å². The molecule has 0 heterocycles. The van der Waals surface area contributed by atoms with Crippen molar-refractivity contribution in [3.05, 3.63) is 29.8 Å². The summed E-state index contributed by atoms with van der Waals surface area (Å²) in [6.45, 7) is 10.7. The number of hydrogen-bond donors (Lipinski definition) is 3. The van der Waals surface area contributed by atoms with Crippen molar-refractivity contribution in [2.24, 2.45) is 4.99 Å². The van der Waals surface area contributed by atoms with Crippen LogP contribution in [0.5, 0.6) is 5.75 Å². The molecule has 2 rings (SSSR count). The maximum absolute atomic E-state index is 9.63. The monoisotopic (exact) mass is 489 g/mol. The normalized spacial score (nSPS) is 20.6. The molecule has 0 aliphatic heterocycles. The summed E-state index contributed by atoms with van der Waals surface area (Å²) in [6, 6.07) is 8.68. The van der Waals surface area contributed by atoms with Gasteiger partial charge in [0.15, 0.2) is 5.96 Å². The second kappa shape index (κ2) is 11.7. The highest BCUT2D eigenvalue weighted by Crippen LogP contribution is 2.25. The summed E-state index contributed by atoms with van der Waals surface area (Å²) in [7, 11) is 0. The number of aliphatic imine (C=N–C) groups is 1. The van der Waals surface area contributed by atoms with Gasteiger partial charge < -0.3 is 20.5 Å². The number of halogens is 1. The molecular weight excluding hydrogens is 453 g/mol. The van der Waals surface area contributed by atoms with Crippen LogP contribution in [0.1, 0.15) is 58.9 Å². The van der Waals surface area contributed by atoms with E-state index in [4.69, 9.17) is 4.74 Å². The third kappa shape index (κ3) is 8.68. The highest BCUT2D eigenvalue weighted by molar-refractivity contribution is 14.0. The van der Waals surface area contributed by atoms with E-state index in [1.165, 1.54) is 5.56 Å². The number of guanidine groups is 1. The lowest BCUT2D eigenvalue weighted by molar-refractivity contribution is 0.120. The molecule has 0 spiro atoms. The fourth-order valence-corrected chi connectivity index (χ4v) is 3.11. The zero-order valence-electron chi connectivity index (χ0n) is 17.1. The number of hydrogen-bond acceptors (Lipinski definition) is 3. The Morgan fingerprint density at radius 1 is 1.22 bits per heavy atom. The minimum atomic E-state index is -0.134. The largest absolute Gasteiger partial charge is 0.492 e. The van der Waals surface area contributed by atoms with Gasteiger partial charge >= 0.3 is 0 Å². The van der Waals surface area contributed by atoms with E-state index in [2.05, 4.69) is 55.5 Å². The smallest absolute Gasteiger partial charge is 0.191 e. The second-order valence-corrected chi connectivity index (χ2v) is 8.04. The summed E-state index contributed by atoms with van der Waals surface area (Å²) < 4.78 is 5.88. The first kappa shape index (κ1) is 24.0. The number of benzene rings is 1. The van der Waals surface area contributed by atoms with Gasteiger partial charge in [0.1, 0.15) is 12.4 Å². The maximum Gasteiger partial charge on any atom is 0.191 e. The number of aliphatic hydroxyl groups excluding tert-OH is 1. The van der Waals surface area contributed by atoms with E-state index in [0.29, 0.717) is 19.2 Å². The van der Waals surface area contributed by atoms with Crippen LogP contribution < -0.4 is 15.4 Å². The van der Waals surface area contributed by atoms with Crippen molar-refractivity contribution >= 4 is 29.9 Å². The SMILES string of the molecule is CCNC(=NCCOc1cccc(C(C)(C)C)c1)NC1CCC(O)CC1.I. The van der Waals surface area contributed by atoms with E-state index in [-0.39, 0.29) is 35.5 Å². The van der Waals surface area contributed by atoms with E-state index in [9.17, 15) is 5.11 Å². The molecule has 0 saturated heterocycles. The fourth-order valence-electron chi connectivity index (χ4n) is 3.11. The average Bonchev–Trinajstić information content (AvgIpc) is 2.60. The summed E-state index contributed by atoms with van der Waals surface area (Å²) in [5.41, 5.74) is 1.39. The quantitative estimate of drug-likeness (QED) is 0.246. The molecular formula is C21H36IN3O2. The average molecular weight is 489 g/mol. The van der Waals surface area contributed by atoms with Gasteiger partial charge in [-0.05, 0) is 55.7 Å². The summed E-state index contributed by atoms with van der Waals surface area (Å²) in [5, 5.41) is 16.4. The van der Waals surface area contributed by atoms with Crippen LogP contribution in [0.2, 0.25) is 0 Å². The Morgan fingerprint density at radius 2 is 1.93 bits per heavy atom. The predicted molar refractivity (Wildman–Crippen MR) is 123 cm³/mol. The summed E-state index contributed by atoms with van der Waals surface area (Å²) in [4.78, 5) is 4.62. The zero-order valence-corrected chi connectivity index (χ0v) is 19.5. The van der Waals surface area contributed by atoms with E-state index in [1.54, 1.807) is 0 Å². The number of nitrogens with zero attached hydrogens (tertiary/aromatic N) is 1. The van der Waals surface area contributed by atoms with Crippen molar-refractivity contribution in [1.82, 2.24) is 10.6 Å². The minimum absolute atomic E-state index is 0. The number of aliphatic hydroxyl groups is 1. The first-order valence-corrected chi connectivity index (χ1v) is 9.84. The van der Waals surface area contributed by atoms with E-state index in [1.807, 2.05) is 12.1 Å². The highest BCUT2D eigenvalue weighted by atomic mass is 127. The van der Waals surface area contributed by atoms with Gasteiger partial charge in [0.2, 0.25) is 0 Å². The van der Waals surface area contributed by atoms with E-state index in [0.717, 1.165) is 43.9 Å². The van der Waals surface area contributed by atoms with Crippen molar-refractivity contribution in [1.29, 1.82) is 0 Å². The Hall–Kier alpha value is -1.02. The Bertz CT molecular complexity index is 579. The standard InChI is InChI=1S/C21H35N3O2.HI/c1-5-22-20(24-17-9-11-18(25)12-10-17)23-13-14-26-19-8-6-7-16(15-19)21(2,3)4;/h6-8,15,17-18,25H,5,9-14H2,1-4H3,(H2,22,23,24);1H. The van der Waals surface area contributed by atoms with Gasteiger partial charge in [0.25, 0.3) is 0 Å². The second-order valence-electron chi connectivity index (χ2n) is 8.04. The Morgan fingerprint density at radius 3 is 2.56 bits per heavy atom. The lowest BCUT2D eigenvalue weighted by Gasteiger charge is -2.27. The Balaban J connectivity index is 0.00000364. The number of nitrogens with one attached hydrogen (secondary N) is 2. The molecule has 1 aromatic rings. The molecule has 0 amide bonds. The van der Waals surface area contributed by atoms with Crippen molar-refractivity contribution in [2.75, 3.05) is 19.7 Å². The van der Waals surface area contributed by atoms with Crippen LogP contribution in [0.4, 0.5) is 0 Å². The Labute approximate surface area is 181 Å². The molecule has 1 aromatic carbocycles. The molecule has 0 aromatic heterocycles. The van der Waals surface area contributed by atoms with Crippen LogP contribution >= 0.6 is 24.0 Å². The molecule has 0 atom stereocenters. The third-order valence-electron chi connectivity index (χ3n) is 4.71. The van der Waals surface area contributed by atoms with Crippen LogP contribution in [0.25, 0.3) is 0 Å². The lowest BCUT2D eigenvalue weighted by Crippen LogP contribution is -2.45. The summed E-state index contributed by atoms with van der Waals surface area (Å²) >= 11 is 0. The molecule has 1 saturated carbocycles. The molecule has 27 heavy (non-hydrogen) atoms. The molecule has 1 fully saturated rings. The molecule has 6 heteroatoms. The van der Waals surface area contributed by atoms with Gasteiger partial charge in [0, 0.05) is 12.6 Å². The maximum atomic E-state index is 9.63. The van der Waals surface area contributed by atoms with Crippen molar-refractivity contribution in [3.8, 4) is 5.75 Å². The van der Waals surface area contributed by atoms with Crippen LogP contribution in [-0.4, -0.2) is 42.9 Å². The van der Waals surface area contributed by atoms with Crippen molar-refractivity contribution in [3.63, 3.8) is 0 Å². The topological polar surface area (TPSA) is 65.9 Å². The summed E-state index contributed by atoms with van der Waals surface area (Å²) in [5.74, 6) is 1.73. The minimum Gasteiger partial charge on any atom is -0.492 e. The molecule has 5 nitrogen and oxygen atoms in total. The fraction of sp³-hybridized carbons (Fsp3) is 0.667.